The average molecular weight is 347 g/mol. The quantitative estimate of drug-likeness (QED) is 0.366. The molecule has 1 aromatic rings. The van der Waals surface area contributed by atoms with Gasteiger partial charge < -0.3 is 20.9 Å². The number of hydrogen-bond donors (Lipinski definition) is 3. The van der Waals surface area contributed by atoms with Gasteiger partial charge in [-0.25, -0.2) is 0 Å². The highest BCUT2D eigenvalue weighted by molar-refractivity contribution is 5.75. The highest BCUT2D eigenvalue weighted by Gasteiger charge is 2.15. The predicted octanol–water partition coefficient (Wildman–Crippen LogP) is 0.0911. The number of ether oxygens (including phenoxy) is 1. The van der Waals surface area contributed by atoms with E-state index in [4.69, 9.17) is 22.0 Å². The molecule has 1 rings (SSSR count). The van der Waals surface area contributed by atoms with Crippen molar-refractivity contribution in [3.63, 3.8) is 0 Å². The molecule has 0 aliphatic carbocycles. The first-order valence-electron chi connectivity index (χ1n) is 7.98. The van der Waals surface area contributed by atoms with Gasteiger partial charge in [0.05, 0.1) is 13.0 Å². The van der Waals surface area contributed by atoms with Crippen LogP contribution in [0.3, 0.4) is 0 Å². The van der Waals surface area contributed by atoms with Crippen molar-refractivity contribution in [2.75, 3.05) is 33.3 Å². The molecule has 1 aromatic carbocycles. The second kappa shape index (κ2) is 11.1. The first kappa shape index (κ1) is 20.5. The van der Waals surface area contributed by atoms with Gasteiger partial charge in [-0.1, -0.05) is 18.1 Å². The fourth-order valence-electron chi connectivity index (χ4n) is 2.27. The second-order valence-corrected chi connectivity index (χ2v) is 5.72. The SMILES string of the molecule is C#CCN(C)[C@H](CNCCC(=O)O)Cc1ccc(OCC(N)=O)cc1. The molecule has 0 bridgehead atoms. The average Bonchev–Trinajstić information content (AvgIpc) is 2.56. The number of nitrogens with two attached hydrogens (primary N) is 1. The minimum absolute atomic E-state index is 0.0808. The fraction of sp³-hybridized carbons (Fsp3) is 0.444. The van der Waals surface area contributed by atoms with Gasteiger partial charge >= 0.3 is 5.97 Å². The Morgan fingerprint density at radius 2 is 2.08 bits per heavy atom. The van der Waals surface area contributed by atoms with Crippen LogP contribution in [0, 0.1) is 12.3 Å². The van der Waals surface area contributed by atoms with Crippen LogP contribution in [-0.4, -0.2) is 61.2 Å². The Kier molecular flexibility index (Phi) is 9.07. The lowest BCUT2D eigenvalue weighted by atomic mass is 10.0. The highest BCUT2D eigenvalue weighted by atomic mass is 16.5. The third-order valence-corrected chi connectivity index (χ3v) is 3.64. The summed E-state index contributed by atoms with van der Waals surface area (Å²) in [6.07, 6.45) is 6.21. The third kappa shape index (κ3) is 8.74. The Hall–Kier alpha value is -2.56. The third-order valence-electron chi connectivity index (χ3n) is 3.64. The zero-order chi connectivity index (χ0) is 18.7. The molecular weight excluding hydrogens is 322 g/mol. The normalized spacial score (nSPS) is 11.7. The van der Waals surface area contributed by atoms with Crippen molar-refractivity contribution in [1.29, 1.82) is 0 Å². The number of carbonyl (C=O) groups excluding carboxylic acids is 1. The van der Waals surface area contributed by atoms with E-state index in [9.17, 15) is 9.59 Å². The summed E-state index contributed by atoms with van der Waals surface area (Å²) in [4.78, 5) is 23.3. The van der Waals surface area contributed by atoms with Crippen molar-refractivity contribution in [1.82, 2.24) is 10.2 Å². The summed E-state index contributed by atoms with van der Waals surface area (Å²) in [7, 11) is 1.94. The van der Waals surface area contributed by atoms with Crippen LogP contribution >= 0.6 is 0 Å². The molecule has 0 fully saturated rings. The number of primary amides is 1. The number of carboxylic acids is 1. The molecule has 0 radical (unpaired) electrons. The van der Waals surface area contributed by atoms with Gasteiger partial charge in [-0.15, -0.1) is 6.42 Å². The van der Waals surface area contributed by atoms with Gasteiger partial charge in [-0.2, -0.15) is 0 Å². The van der Waals surface area contributed by atoms with E-state index in [1.165, 1.54) is 0 Å². The van der Waals surface area contributed by atoms with Crippen molar-refractivity contribution < 1.29 is 19.4 Å². The van der Waals surface area contributed by atoms with Crippen LogP contribution in [0.1, 0.15) is 12.0 Å². The van der Waals surface area contributed by atoms with E-state index in [2.05, 4.69) is 11.2 Å². The summed E-state index contributed by atoms with van der Waals surface area (Å²) in [5.41, 5.74) is 6.13. The largest absolute Gasteiger partial charge is 0.484 e. The number of carboxylic acid groups (broad SMARTS) is 1. The molecule has 25 heavy (non-hydrogen) atoms. The molecular formula is C18H25N3O4. The van der Waals surface area contributed by atoms with Crippen LogP contribution in [0.4, 0.5) is 0 Å². The lowest BCUT2D eigenvalue weighted by Gasteiger charge is -2.27. The van der Waals surface area contributed by atoms with Gasteiger partial charge in [0.25, 0.3) is 5.91 Å². The van der Waals surface area contributed by atoms with E-state index in [-0.39, 0.29) is 19.1 Å². The van der Waals surface area contributed by atoms with Gasteiger partial charge in [0.15, 0.2) is 6.61 Å². The maximum atomic E-state index is 10.7. The van der Waals surface area contributed by atoms with Crippen molar-refractivity contribution in [3.8, 4) is 18.1 Å². The van der Waals surface area contributed by atoms with Crippen molar-refractivity contribution in [3.05, 3.63) is 29.8 Å². The number of rotatable bonds is 12. The maximum absolute atomic E-state index is 10.7. The Morgan fingerprint density at radius 1 is 1.40 bits per heavy atom. The molecule has 0 saturated carbocycles. The summed E-state index contributed by atoms with van der Waals surface area (Å²) >= 11 is 0. The Labute approximate surface area is 148 Å². The van der Waals surface area contributed by atoms with Crippen molar-refractivity contribution in [2.24, 2.45) is 5.73 Å². The zero-order valence-corrected chi connectivity index (χ0v) is 14.4. The molecule has 1 atom stereocenters. The smallest absolute Gasteiger partial charge is 0.304 e. The number of nitrogens with zero attached hydrogens (tertiary/aromatic N) is 1. The Bertz CT molecular complexity index is 595. The predicted molar refractivity (Wildman–Crippen MR) is 95.2 cm³/mol. The topological polar surface area (TPSA) is 105 Å². The summed E-state index contributed by atoms with van der Waals surface area (Å²) in [6, 6.07) is 7.54. The van der Waals surface area contributed by atoms with Crippen molar-refractivity contribution >= 4 is 11.9 Å². The first-order valence-corrected chi connectivity index (χ1v) is 7.98. The van der Waals surface area contributed by atoms with Crippen LogP contribution in [-0.2, 0) is 16.0 Å². The highest BCUT2D eigenvalue weighted by Crippen LogP contribution is 2.14. The monoisotopic (exact) mass is 347 g/mol. The van der Waals surface area contributed by atoms with Crippen LogP contribution in [0.25, 0.3) is 0 Å². The van der Waals surface area contributed by atoms with E-state index in [0.717, 1.165) is 12.0 Å². The maximum Gasteiger partial charge on any atom is 0.304 e. The molecule has 0 heterocycles. The fourth-order valence-corrected chi connectivity index (χ4v) is 2.27. The molecule has 0 aliphatic heterocycles. The first-order chi connectivity index (χ1) is 11.9. The molecule has 0 aliphatic rings. The number of nitrogens with one attached hydrogen (secondary N) is 1. The van der Waals surface area contributed by atoms with Gasteiger partial charge in [0.1, 0.15) is 5.75 Å². The van der Waals surface area contributed by atoms with Crippen LogP contribution in [0.15, 0.2) is 24.3 Å². The molecule has 136 valence electrons. The lowest BCUT2D eigenvalue weighted by Crippen LogP contribution is -2.42. The van der Waals surface area contributed by atoms with Crippen LogP contribution in [0.2, 0.25) is 0 Å². The number of hydrogen-bond acceptors (Lipinski definition) is 5. The van der Waals surface area contributed by atoms with E-state index in [1.807, 2.05) is 24.1 Å². The van der Waals surface area contributed by atoms with E-state index < -0.39 is 11.9 Å². The van der Waals surface area contributed by atoms with E-state index >= 15 is 0 Å². The minimum Gasteiger partial charge on any atom is -0.484 e. The minimum atomic E-state index is -0.826. The van der Waals surface area contributed by atoms with Crippen molar-refractivity contribution in [2.45, 2.75) is 18.9 Å². The van der Waals surface area contributed by atoms with Gasteiger partial charge in [-0.05, 0) is 31.2 Å². The molecule has 4 N–H and O–H groups in total. The molecule has 0 aromatic heterocycles. The molecule has 7 heteroatoms. The lowest BCUT2D eigenvalue weighted by molar-refractivity contribution is -0.136. The van der Waals surface area contributed by atoms with E-state index in [0.29, 0.717) is 25.4 Å². The molecule has 7 nitrogen and oxygen atoms in total. The number of amides is 1. The molecule has 0 saturated heterocycles. The number of likely N-dealkylation sites (N-methyl/N-ethyl adjacent to an activating group) is 1. The summed E-state index contributed by atoms with van der Waals surface area (Å²) in [5.74, 6) is 1.85. The van der Waals surface area contributed by atoms with Crippen LogP contribution in [0.5, 0.6) is 5.75 Å². The number of benzene rings is 1. The summed E-state index contributed by atoms with van der Waals surface area (Å²) < 4.78 is 5.24. The van der Waals surface area contributed by atoms with Crippen LogP contribution < -0.4 is 15.8 Å². The van der Waals surface area contributed by atoms with E-state index in [1.54, 1.807) is 12.1 Å². The molecule has 1 amide bonds. The molecule has 0 spiro atoms. The second-order valence-electron chi connectivity index (χ2n) is 5.72. The number of carbonyl (C=O) groups is 2. The van der Waals surface area contributed by atoms with Gasteiger partial charge in [0.2, 0.25) is 0 Å². The standard InChI is InChI=1S/C18H25N3O4/c1-3-10-21(2)15(12-20-9-8-18(23)24)11-14-4-6-16(7-5-14)25-13-17(19)22/h1,4-7,15,20H,8-13H2,2H3,(H2,19,22)(H,23,24)/t15-/m0/s1. The number of terminal acetylenes is 1. The number of aliphatic carboxylic acids is 1. The van der Waals surface area contributed by atoms with Gasteiger partial charge in [-0.3, -0.25) is 14.5 Å². The Balaban J connectivity index is 2.61. The summed E-state index contributed by atoms with van der Waals surface area (Å²) in [6.45, 7) is 1.40. The zero-order valence-electron chi connectivity index (χ0n) is 14.4. The Morgan fingerprint density at radius 3 is 2.64 bits per heavy atom. The van der Waals surface area contributed by atoms with Gasteiger partial charge in [0, 0.05) is 19.1 Å². The summed E-state index contributed by atoms with van der Waals surface area (Å²) in [5, 5.41) is 11.8. The molecule has 0 unspecified atom stereocenters.